The lowest BCUT2D eigenvalue weighted by Gasteiger charge is -2.05. The zero-order chi connectivity index (χ0) is 17.0. The van der Waals surface area contributed by atoms with Crippen LogP contribution in [0.1, 0.15) is 71.1 Å². The molecule has 2 aromatic rings. The molecule has 0 aliphatic rings. The van der Waals surface area contributed by atoms with Crippen LogP contribution in [0.15, 0.2) is 33.5 Å². The van der Waals surface area contributed by atoms with E-state index in [1.165, 1.54) is 51.4 Å². The summed E-state index contributed by atoms with van der Waals surface area (Å²) >= 11 is 0. The van der Waals surface area contributed by atoms with Crippen molar-refractivity contribution in [2.24, 2.45) is 0 Å². The normalized spacial score (nSPS) is 11.0. The molecule has 0 N–H and O–H groups in total. The predicted molar refractivity (Wildman–Crippen MR) is 97.6 cm³/mol. The lowest BCUT2D eigenvalue weighted by atomic mass is 10.1. The van der Waals surface area contributed by atoms with Gasteiger partial charge in [0.1, 0.15) is 0 Å². The Kier molecular flexibility index (Phi) is 8.36. The molecular formula is C20H29NO3. The third-order valence-corrected chi connectivity index (χ3v) is 4.24. The SMILES string of the molecule is CCCCCCCCCCCCOc1nc2ccccc2c(=O)o1. The molecule has 24 heavy (non-hydrogen) atoms. The summed E-state index contributed by atoms with van der Waals surface area (Å²) in [5.41, 5.74) is 0.227. The van der Waals surface area contributed by atoms with Gasteiger partial charge < -0.3 is 9.15 Å². The number of aromatic nitrogens is 1. The minimum atomic E-state index is -0.390. The molecule has 0 bridgehead atoms. The van der Waals surface area contributed by atoms with Crippen LogP contribution in [0.4, 0.5) is 0 Å². The Morgan fingerprint density at radius 2 is 1.54 bits per heavy atom. The van der Waals surface area contributed by atoms with Crippen molar-refractivity contribution in [3.05, 3.63) is 34.7 Å². The van der Waals surface area contributed by atoms with E-state index in [4.69, 9.17) is 9.15 Å². The molecule has 0 saturated carbocycles. The zero-order valence-electron chi connectivity index (χ0n) is 14.8. The molecule has 0 saturated heterocycles. The second-order valence-corrected chi connectivity index (χ2v) is 6.31. The Balaban J connectivity index is 1.57. The largest absolute Gasteiger partial charge is 0.450 e. The molecule has 0 aliphatic heterocycles. The lowest BCUT2D eigenvalue weighted by molar-refractivity contribution is 0.211. The Bertz CT molecular complexity index is 651. The fraction of sp³-hybridized carbons (Fsp3) is 0.600. The van der Waals surface area contributed by atoms with Crippen molar-refractivity contribution in [1.82, 2.24) is 4.98 Å². The highest BCUT2D eigenvalue weighted by atomic mass is 16.6. The third kappa shape index (κ3) is 6.34. The molecule has 0 fully saturated rings. The van der Waals surface area contributed by atoms with E-state index in [0.29, 0.717) is 17.5 Å². The van der Waals surface area contributed by atoms with Gasteiger partial charge in [-0.2, -0.15) is 4.98 Å². The average Bonchev–Trinajstić information content (AvgIpc) is 2.60. The lowest BCUT2D eigenvalue weighted by Crippen LogP contribution is -2.06. The Morgan fingerprint density at radius 1 is 0.917 bits per heavy atom. The van der Waals surface area contributed by atoms with E-state index in [9.17, 15) is 4.79 Å². The summed E-state index contributed by atoms with van der Waals surface area (Å²) in [6.07, 6.45) is 12.9. The first-order valence-corrected chi connectivity index (χ1v) is 9.34. The third-order valence-electron chi connectivity index (χ3n) is 4.24. The van der Waals surface area contributed by atoms with Crippen molar-refractivity contribution in [1.29, 1.82) is 0 Å². The molecule has 0 amide bonds. The maximum absolute atomic E-state index is 11.8. The summed E-state index contributed by atoms with van der Waals surface area (Å²) in [5, 5.41) is 0.490. The number of fused-ring (bicyclic) bond motifs is 1. The second-order valence-electron chi connectivity index (χ2n) is 6.31. The smallest absolute Gasteiger partial charge is 0.397 e. The number of benzene rings is 1. The van der Waals surface area contributed by atoms with Gasteiger partial charge in [-0.3, -0.25) is 0 Å². The van der Waals surface area contributed by atoms with Gasteiger partial charge in [-0.15, -0.1) is 0 Å². The van der Waals surface area contributed by atoms with Crippen LogP contribution in [-0.2, 0) is 0 Å². The van der Waals surface area contributed by atoms with E-state index in [1.54, 1.807) is 18.2 Å². The molecule has 0 atom stereocenters. The van der Waals surface area contributed by atoms with E-state index in [0.717, 1.165) is 12.8 Å². The molecule has 4 nitrogen and oxygen atoms in total. The van der Waals surface area contributed by atoms with Crippen molar-refractivity contribution in [2.45, 2.75) is 71.1 Å². The molecular weight excluding hydrogens is 302 g/mol. The first-order chi connectivity index (χ1) is 11.8. The number of ether oxygens (including phenoxy) is 1. The maximum atomic E-state index is 11.8. The molecule has 0 aliphatic carbocycles. The number of rotatable bonds is 12. The molecule has 0 spiro atoms. The van der Waals surface area contributed by atoms with Crippen LogP contribution in [0.5, 0.6) is 6.08 Å². The van der Waals surface area contributed by atoms with Gasteiger partial charge in [0.25, 0.3) is 0 Å². The fourth-order valence-corrected chi connectivity index (χ4v) is 2.81. The van der Waals surface area contributed by atoms with E-state index in [2.05, 4.69) is 11.9 Å². The van der Waals surface area contributed by atoms with E-state index < -0.39 is 5.63 Å². The summed E-state index contributed by atoms with van der Waals surface area (Å²) in [7, 11) is 0. The van der Waals surface area contributed by atoms with Crippen LogP contribution in [0.2, 0.25) is 0 Å². The summed E-state index contributed by atoms with van der Waals surface area (Å²) in [6, 6.07) is 7.14. The topological polar surface area (TPSA) is 52.3 Å². The van der Waals surface area contributed by atoms with Crippen molar-refractivity contribution in [2.75, 3.05) is 6.61 Å². The highest BCUT2D eigenvalue weighted by molar-refractivity contribution is 5.76. The Labute approximate surface area is 144 Å². The predicted octanol–water partition coefficient (Wildman–Crippen LogP) is 5.49. The van der Waals surface area contributed by atoms with Gasteiger partial charge in [-0.05, 0) is 18.6 Å². The van der Waals surface area contributed by atoms with Crippen molar-refractivity contribution < 1.29 is 9.15 Å². The van der Waals surface area contributed by atoms with Crippen LogP contribution in [-0.4, -0.2) is 11.6 Å². The Morgan fingerprint density at radius 3 is 2.25 bits per heavy atom. The van der Waals surface area contributed by atoms with Gasteiger partial charge in [-0.25, -0.2) is 4.79 Å². The second kappa shape index (κ2) is 10.8. The van der Waals surface area contributed by atoms with Crippen LogP contribution in [0.3, 0.4) is 0 Å². The van der Waals surface area contributed by atoms with Crippen LogP contribution < -0.4 is 10.4 Å². The van der Waals surface area contributed by atoms with Gasteiger partial charge in [0.2, 0.25) is 0 Å². The minimum absolute atomic E-state index is 0.0784. The highest BCUT2D eigenvalue weighted by Crippen LogP contribution is 2.13. The van der Waals surface area contributed by atoms with Crippen LogP contribution in [0, 0.1) is 0 Å². The number of nitrogens with zero attached hydrogens (tertiary/aromatic N) is 1. The summed E-state index contributed by atoms with van der Waals surface area (Å²) in [6.45, 7) is 2.80. The highest BCUT2D eigenvalue weighted by Gasteiger charge is 2.06. The molecule has 1 aromatic heterocycles. The summed E-state index contributed by atoms with van der Waals surface area (Å²) in [4.78, 5) is 16.0. The maximum Gasteiger partial charge on any atom is 0.397 e. The number of unbranched alkanes of at least 4 members (excludes halogenated alkanes) is 9. The number of hydrogen-bond donors (Lipinski definition) is 0. The molecule has 2 rings (SSSR count). The molecule has 0 radical (unpaired) electrons. The van der Waals surface area contributed by atoms with Crippen LogP contribution >= 0.6 is 0 Å². The van der Waals surface area contributed by atoms with E-state index in [-0.39, 0.29) is 6.08 Å². The summed E-state index contributed by atoms with van der Waals surface area (Å²) in [5.74, 6) is 0. The van der Waals surface area contributed by atoms with Crippen molar-refractivity contribution >= 4 is 10.9 Å². The first-order valence-electron chi connectivity index (χ1n) is 9.34. The average molecular weight is 331 g/mol. The van der Waals surface area contributed by atoms with Crippen molar-refractivity contribution in [3.8, 4) is 6.08 Å². The van der Waals surface area contributed by atoms with E-state index >= 15 is 0 Å². The van der Waals surface area contributed by atoms with Gasteiger partial charge in [-0.1, -0.05) is 76.8 Å². The Hall–Kier alpha value is -1.84. The van der Waals surface area contributed by atoms with Gasteiger partial charge in [0.05, 0.1) is 17.5 Å². The van der Waals surface area contributed by atoms with Gasteiger partial charge >= 0.3 is 11.7 Å². The van der Waals surface area contributed by atoms with Crippen LogP contribution in [0.25, 0.3) is 10.9 Å². The zero-order valence-corrected chi connectivity index (χ0v) is 14.8. The molecule has 0 unspecified atom stereocenters. The number of para-hydroxylation sites is 1. The first kappa shape index (κ1) is 18.5. The molecule has 4 heteroatoms. The van der Waals surface area contributed by atoms with E-state index in [1.807, 2.05) is 6.07 Å². The molecule has 1 heterocycles. The minimum Gasteiger partial charge on any atom is -0.450 e. The number of hydrogen-bond acceptors (Lipinski definition) is 4. The molecule has 1 aromatic carbocycles. The summed E-state index contributed by atoms with van der Waals surface area (Å²) < 4.78 is 10.6. The fourth-order valence-electron chi connectivity index (χ4n) is 2.81. The monoisotopic (exact) mass is 331 g/mol. The standard InChI is InChI=1S/C20H29NO3/c1-2-3-4-5-6-7-8-9-10-13-16-23-20-21-18-15-12-11-14-17(18)19(22)24-20/h11-12,14-15H,2-10,13,16H2,1H3. The quantitative estimate of drug-likeness (QED) is 0.483. The van der Waals surface area contributed by atoms with Gasteiger partial charge in [0.15, 0.2) is 0 Å². The molecule has 132 valence electrons. The van der Waals surface area contributed by atoms with Gasteiger partial charge in [0, 0.05) is 0 Å². The van der Waals surface area contributed by atoms with Crippen molar-refractivity contribution in [3.63, 3.8) is 0 Å².